The normalized spacial score (nSPS) is 11.2. The molecule has 0 bridgehead atoms. The second-order valence-corrected chi connectivity index (χ2v) is 5.26. The third-order valence-electron chi connectivity index (χ3n) is 3.46. The number of amides is 1. The van der Waals surface area contributed by atoms with Gasteiger partial charge in [0.15, 0.2) is 0 Å². The van der Waals surface area contributed by atoms with Gasteiger partial charge in [0.1, 0.15) is 0 Å². The molecule has 6 heteroatoms. The molecule has 23 heavy (non-hydrogen) atoms. The van der Waals surface area contributed by atoms with E-state index in [-0.39, 0.29) is 11.3 Å². The fraction of sp³-hybridized carbons (Fsp3) is 0.176. The number of hydrazone groups is 1. The van der Waals surface area contributed by atoms with E-state index >= 15 is 0 Å². The smallest absolute Gasteiger partial charge is 0.267 e. The van der Waals surface area contributed by atoms with E-state index in [1.165, 1.54) is 12.1 Å². The second-order valence-electron chi connectivity index (χ2n) is 5.26. The lowest BCUT2D eigenvalue weighted by Gasteiger charge is -2.04. The quantitative estimate of drug-likeness (QED) is 0.533. The Morgan fingerprint density at radius 2 is 1.70 bits per heavy atom. The first kappa shape index (κ1) is 16.4. The van der Waals surface area contributed by atoms with Gasteiger partial charge in [0.05, 0.1) is 10.6 Å². The summed E-state index contributed by atoms with van der Waals surface area (Å²) in [5.74, 6) is -0.487. The molecule has 0 saturated heterocycles. The van der Waals surface area contributed by atoms with Gasteiger partial charge >= 0.3 is 0 Å². The van der Waals surface area contributed by atoms with Crippen LogP contribution >= 0.6 is 0 Å². The Morgan fingerprint density at radius 1 is 1.09 bits per heavy atom. The van der Waals surface area contributed by atoms with E-state index in [9.17, 15) is 14.9 Å². The predicted octanol–water partition coefficient (Wildman–Crippen LogP) is 3.37. The lowest BCUT2D eigenvalue weighted by molar-refractivity contribution is -0.385. The predicted molar refractivity (Wildman–Crippen MR) is 88.7 cm³/mol. The van der Waals surface area contributed by atoms with Crippen molar-refractivity contribution in [2.24, 2.45) is 5.10 Å². The largest absolute Gasteiger partial charge is 0.273 e. The Labute approximate surface area is 134 Å². The molecule has 0 aromatic heterocycles. The SMILES string of the molecule is CC(=NNC(=O)c1ccc(C)c([N+](=O)[O-])c1)c1ccc(C)cc1. The maximum atomic E-state index is 12.1. The van der Waals surface area contributed by atoms with E-state index in [1.807, 2.05) is 31.2 Å². The summed E-state index contributed by atoms with van der Waals surface area (Å²) < 4.78 is 0. The van der Waals surface area contributed by atoms with Gasteiger partial charge < -0.3 is 0 Å². The van der Waals surface area contributed by atoms with E-state index in [4.69, 9.17) is 0 Å². The molecule has 2 rings (SSSR count). The highest BCUT2D eigenvalue weighted by atomic mass is 16.6. The summed E-state index contributed by atoms with van der Waals surface area (Å²) in [6.45, 7) is 5.39. The van der Waals surface area contributed by atoms with Gasteiger partial charge in [0, 0.05) is 17.2 Å². The molecule has 1 N–H and O–H groups in total. The zero-order chi connectivity index (χ0) is 17.0. The van der Waals surface area contributed by atoms with Crippen molar-refractivity contribution in [1.82, 2.24) is 5.43 Å². The van der Waals surface area contributed by atoms with E-state index in [0.717, 1.165) is 11.1 Å². The van der Waals surface area contributed by atoms with Gasteiger partial charge in [-0.15, -0.1) is 0 Å². The molecule has 0 radical (unpaired) electrons. The number of nitro benzene ring substituents is 1. The molecule has 0 aliphatic rings. The summed E-state index contributed by atoms with van der Waals surface area (Å²) in [7, 11) is 0. The Morgan fingerprint density at radius 3 is 2.30 bits per heavy atom. The average Bonchev–Trinajstić information content (AvgIpc) is 2.53. The number of aryl methyl sites for hydroxylation is 2. The summed E-state index contributed by atoms with van der Waals surface area (Å²) >= 11 is 0. The minimum atomic E-state index is -0.507. The Bertz CT molecular complexity index is 780. The second kappa shape index (κ2) is 6.83. The van der Waals surface area contributed by atoms with Crippen LogP contribution in [0, 0.1) is 24.0 Å². The number of nitrogens with one attached hydrogen (secondary N) is 1. The lowest BCUT2D eigenvalue weighted by atomic mass is 10.1. The first-order chi connectivity index (χ1) is 10.9. The molecule has 0 heterocycles. The summed E-state index contributed by atoms with van der Waals surface area (Å²) in [4.78, 5) is 22.5. The van der Waals surface area contributed by atoms with Crippen LogP contribution in [0.3, 0.4) is 0 Å². The highest BCUT2D eigenvalue weighted by Crippen LogP contribution is 2.19. The van der Waals surface area contributed by atoms with E-state index in [2.05, 4.69) is 10.5 Å². The number of carbonyl (C=O) groups is 1. The first-order valence-corrected chi connectivity index (χ1v) is 7.05. The van der Waals surface area contributed by atoms with Crippen LogP contribution in [0.2, 0.25) is 0 Å². The van der Waals surface area contributed by atoms with Crippen molar-refractivity contribution in [1.29, 1.82) is 0 Å². The number of nitro groups is 1. The van der Waals surface area contributed by atoms with Crippen molar-refractivity contribution in [2.75, 3.05) is 0 Å². The molecule has 0 spiro atoms. The Kier molecular flexibility index (Phi) is 4.85. The number of nitrogens with zero attached hydrogens (tertiary/aromatic N) is 2. The number of hydrogen-bond donors (Lipinski definition) is 1. The maximum Gasteiger partial charge on any atom is 0.273 e. The van der Waals surface area contributed by atoms with Crippen LogP contribution in [0.15, 0.2) is 47.6 Å². The molecule has 0 unspecified atom stereocenters. The molecule has 118 valence electrons. The van der Waals surface area contributed by atoms with Gasteiger partial charge in [-0.1, -0.05) is 35.9 Å². The van der Waals surface area contributed by atoms with Gasteiger partial charge in [-0.05, 0) is 32.4 Å². The zero-order valence-corrected chi connectivity index (χ0v) is 13.2. The summed E-state index contributed by atoms with van der Waals surface area (Å²) in [5.41, 5.74) is 5.72. The maximum absolute atomic E-state index is 12.1. The third kappa shape index (κ3) is 4.00. The van der Waals surface area contributed by atoms with Crippen LogP contribution < -0.4 is 5.43 Å². The molecule has 0 fully saturated rings. The van der Waals surface area contributed by atoms with Gasteiger partial charge in [0.2, 0.25) is 0 Å². The molecule has 6 nitrogen and oxygen atoms in total. The van der Waals surface area contributed by atoms with Gasteiger partial charge in [-0.25, -0.2) is 5.43 Å². The molecule has 2 aromatic rings. The first-order valence-electron chi connectivity index (χ1n) is 7.05. The lowest BCUT2D eigenvalue weighted by Crippen LogP contribution is -2.19. The van der Waals surface area contributed by atoms with Crippen molar-refractivity contribution in [2.45, 2.75) is 20.8 Å². The number of hydrogen-bond acceptors (Lipinski definition) is 4. The minimum Gasteiger partial charge on any atom is -0.267 e. The summed E-state index contributed by atoms with van der Waals surface area (Å²) in [6, 6.07) is 12.1. The molecule has 0 aliphatic carbocycles. The van der Waals surface area contributed by atoms with E-state index < -0.39 is 10.8 Å². The monoisotopic (exact) mass is 311 g/mol. The Hall–Kier alpha value is -3.02. The number of benzene rings is 2. The van der Waals surface area contributed by atoms with Crippen molar-refractivity contribution in [3.05, 3.63) is 74.8 Å². The van der Waals surface area contributed by atoms with Crippen molar-refractivity contribution >= 4 is 17.3 Å². The number of carbonyl (C=O) groups excluding carboxylic acids is 1. The van der Waals surface area contributed by atoms with Crippen molar-refractivity contribution in [3.8, 4) is 0 Å². The summed E-state index contributed by atoms with van der Waals surface area (Å²) in [6.07, 6.45) is 0. The van der Waals surface area contributed by atoms with E-state index in [1.54, 1.807) is 19.9 Å². The van der Waals surface area contributed by atoms with Gasteiger partial charge in [-0.2, -0.15) is 5.10 Å². The molecular formula is C17H17N3O3. The molecule has 0 atom stereocenters. The van der Waals surface area contributed by atoms with Crippen LogP contribution in [-0.2, 0) is 0 Å². The Balaban J connectivity index is 2.16. The highest BCUT2D eigenvalue weighted by Gasteiger charge is 2.14. The highest BCUT2D eigenvalue weighted by molar-refractivity contribution is 6.01. The van der Waals surface area contributed by atoms with Gasteiger partial charge in [0.25, 0.3) is 11.6 Å². The van der Waals surface area contributed by atoms with Crippen LogP contribution in [-0.4, -0.2) is 16.5 Å². The standard InChI is InChI=1S/C17H17N3O3/c1-11-4-7-14(8-5-11)13(3)18-19-17(21)15-9-6-12(2)16(10-15)20(22)23/h4-10H,1-3H3,(H,19,21). The topological polar surface area (TPSA) is 84.6 Å². The molecule has 1 amide bonds. The molecule has 0 aliphatic heterocycles. The van der Waals surface area contributed by atoms with Crippen LogP contribution in [0.1, 0.15) is 34.0 Å². The van der Waals surface area contributed by atoms with Crippen LogP contribution in [0.5, 0.6) is 0 Å². The van der Waals surface area contributed by atoms with Crippen molar-refractivity contribution < 1.29 is 9.72 Å². The molecule has 0 saturated carbocycles. The minimum absolute atomic E-state index is 0.0862. The van der Waals surface area contributed by atoms with Crippen LogP contribution in [0.25, 0.3) is 0 Å². The molecular weight excluding hydrogens is 294 g/mol. The number of rotatable bonds is 4. The molecule has 2 aromatic carbocycles. The van der Waals surface area contributed by atoms with Crippen LogP contribution in [0.4, 0.5) is 5.69 Å². The van der Waals surface area contributed by atoms with Crippen molar-refractivity contribution in [3.63, 3.8) is 0 Å². The fourth-order valence-corrected chi connectivity index (χ4v) is 2.01. The summed E-state index contributed by atoms with van der Waals surface area (Å²) in [5, 5.41) is 15.0. The average molecular weight is 311 g/mol. The third-order valence-corrected chi connectivity index (χ3v) is 3.46. The zero-order valence-electron chi connectivity index (χ0n) is 13.2. The van der Waals surface area contributed by atoms with E-state index in [0.29, 0.717) is 11.3 Å². The van der Waals surface area contributed by atoms with Gasteiger partial charge in [-0.3, -0.25) is 14.9 Å². The fourth-order valence-electron chi connectivity index (χ4n) is 2.01.